The van der Waals surface area contributed by atoms with Crippen molar-refractivity contribution in [1.29, 1.82) is 0 Å². The standard InChI is InChI=1S/C25H34N6O8/c1-3-13(2)21(31-22(35)17(26)10-20(33)34)24(37)29-18(9-15-11-27-12-28-15)23(36)30-19(25(38)39)8-14-4-6-16(32)7-5-14/h4-7,11-13,17-19,21,32H,3,8-10,26H2,1-2H3,(H,27,28)(H,29,37)(H,30,36)(H,31,35)(H,33,34)(H,38,39). The van der Waals surface area contributed by atoms with Crippen molar-refractivity contribution in [2.45, 2.75) is 63.7 Å². The van der Waals surface area contributed by atoms with E-state index < -0.39 is 66.2 Å². The number of phenols is 1. The smallest absolute Gasteiger partial charge is 0.326 e. The lowest BCUT2D eigenvalue weighted by molar-refractivity contribution is -0.142. The molecule has 0 saturated heterocycles. The molecule has 5 atom stereocenters. The number of hydrogen-bond donors (Lipinski definition) is 8. The van der Waals surface area contributed by atoms with Gasteiger partial charge in [0, 0.05) is 24.7 Å². The van der Waals surface area contributed by atoms with Gasteiger partial charge < -0.3 is 42.0 Å². The summed E-state index contributed by atoms with van der Waals surface area (Å²) >= 11 is 0. The van der Waals surface area contributed by atoms with Gasteiger partial charge in [-0.15, -0.1) is 0 Å². The monoisotopic (exact) mass is 546 g/mol. The van der Waals surface area contributed by atoms with Crippen LogP contribution in [0.5, 0.6) is 5.75 Å². The number of benzene rings is 1. The molecule has 212 valence electrons. The Morgan fingerprint density at radius 1 is 0.949 bits per heavy atom. The number of carbonyl (C=O) groups excluding carboxylic acids is 3. The molecule has 0 aliphatic rings. The Morgan fingerprint density at radius 2 is 1.59 bits per heavy atom. The second kappa shape index (κ2) is 14.5. The van der Waals surface area contributed by atoms with Crippen LogP contribution in [0.3, 0.4) is 0 Å². The molecule has 0 spiro atoms. The first-order valence-corrected chi connectivity index (χ1v) is 12.3. The Bertz CT molecular complexity index is 1140. The maximum absolute atomic E-state index is 13.3. The second-order valence-corrected chi connectivity index (χ2v) is 9.19. The largest absolute Gasteiger partial charge is 0.508 e. The van der Waals surface area contributed by atoms with E-state index in [-0.39, 0.29) is 18.6 Å². The molecule has 9 N–H and O–H groups in total. The predicted octanol–water partition coefficient (Wildman–Crippen LogP) is -0.712. The maximum Gasteiger partial charge on any atom is 0.326 e. The Balaban J connectivity index is 2.23. The fourth-order valence-electron chi connectivity index (χ4n) is 3.67. The number of aromatic hydroxyl groups is 1. The van der Waals surface area contributed by atoms with Crippen molar-refractivity contribution in [3.05, 3.63) is 48.0 Å². The molecule has 0 fully saturated rings. The summed E-state index contributed by atoms with van der Waals surface area (Å²) in [6.07, 6.45) is 2.49. The van der Waals surface area contributed by atoms with Crippen LogP contribution in [-0.4, -0.2) is 79.1 Å². The Hall–Kier alpha value is -4.46. The van der Waals surface area contributed by atoms with Crippen molar-refractivity contribution >= 4 is 29.7 Å². The van der Waals surface area contributed by atoms with Crippen molar-refractivity contribution in [2.24, 2.45) is 11.7 Å². The number of carboxylic acid groups (broad SMARTS) is 2. The first kappa shape index (κ1) is 30.8. The number of phenolic OH excluding ortho intramolecular Hbond substituents is 1. The number of carboxylic acids is 2. The van der Waals surface area contributed by atoms with Gasteiger partial charge in [-0.3, -0.25) is 19.2 Å². The van der Waals surface area contributed by atoms with Crippen LogP contribution in [0.4, 0.5) is 0 Å². The number of nitrogens with one attached hydrogen (secondary N) is 4. The molecule has 0 saturated carbocycles. The van der Waals surface area contributed by atoms with Gasteiger partial charge in [0.25, 0.3) is 0 Å². The van der Waals surface area contributed by atoms with E-state index in [1.54, 1.807) is 13.8 Å². The van der Waals surface area contributed by atoms with Gasteiger partial charge >= 0.3 is 11.9 Å². The zero-order valence-electron chi connectivity index (χ0n) is 21.6. The molecule has 0 radical (unpaired) electrons. The number of H-pyrrole nitrogens is 1. The van der Waals surface area contributed by atoms with Gasteiger partial charge in [-0.1, -0.05) is 32.4 Å². The number of hydrogen-bond acceptors (Lipinski definition) is 8. The minimum absolute atomic E-state index is 0.00358. The molecule has 2 rings (SSSR count). The number of imidazole rings is 1. The lowest BCUT2D eigenvalue weighted by Crippen LogP contribution is -2.59. The minimum Gasteiger partial charge on any atom is -0.508 e. The summed E-state index contributed by atoms with van der Waals surface area (Å²) in [4.78, 5) is 68.5. The first-order chi connectivity index (χ1) is 18.4. The van der Waals surface area contributed by atoms with E-state index in [4.69, 9.17) is 10.8 Å². The second-order valence-electron chi connectivity index (χ2n) is 9.19. The van der Waals surface area contributed by atoms with Gasteiger partial charge in [0.15, 0.2) is 0 Å². The fourth-order valence-corrected chi connectivity index (χ4v) is 3.67. The number of amides is 3. The zero-order chi connectivity index (χ0) is 29.1. The van der Waals surface area contributed by atoms with Gasteiger partial charge in [-0.05, 0) is 23.6 Å². The van der Waals surface area contributed by atoms with Gasteiger partial charge in [-0.2, -0.15) is 0 Å². The molecule has 2 aromatic rings. The third-order valence-corrected chi connectivity index (χ3v) is 6.13. The molecular formula is C25H34N6O8. The summed E-state index contributed by atoms with van der Waals surface area (Å²) in [5.41, 5.74) is 6.66. The molecule has 3 amide bonds. The van der Waals surface area contributed by atoms with Crippen molar-refractivity contribution in [3.63, 3.8) is 0 Å². The van der Waals surface area contributed by atoms with E-state index in [1.807, 2.05) is 0 Å². The summed E-state index contributed by atoms with van der Waals surface area (Å²) in [5, 5.41) is 35.5. The molecule has 1 aromatic carbocycles. The van der Waals surface area contributed by atoms with Crippen LogP contribution in [0.2, 0.25) is 0 Å². The number of rotatable bonds is 15. The van der Waals surface area contributed by atoms with Gasteiger partial charge in [-0.25, -0.2) is 9.78 Å². The van der Waals surface area contributed by atoms with E-state index in [9.17, 15) is 34.2 Å². The summed E-state index contributed by atoms with van der Waals surface area (Å²) in [6.45, 7) is 3.47. The van der Waals surface area contributed by atoms with E-state index in [2.05, 4.69) is 25.9 Å². The highest BCUT2D eigenvalue weighted by atomic mass is 16.4. The SMILES string of the molecule is CCC(C)C(NC(=O)C(N)CC(=O)O)C(=O)NC(Cc1cnc[nH]1)C(=O)NC(Cc1ccc(O)cc1)C(=O)O. The fraction of sp³-hybridized carbons (Fsp3) is 0.440. The third kappa shape index (κ3) is 9.74. The van der Waals surface area contributed by atoms with E-state index >= 15 is 0 Å². The van der Waals surface area contributed by atoms with Crippen molar-refractivity contribution in [1.82, 2.24) is 25.9 Å². The van der Waals surface area contributed by atoms with Gasteiger partial charge in [0.1, 0.15) is 23.9 Å². The van der Waals surface area contributed by atoms with Crippen LogP contribution in [0.1, 0.15) is 37.9 Å². The van der Waals surface area contributed by atoms with Gasteiger partial charge in [0.2, 0.25) is 17.7 Å². The van der Waals surface area contributed by atoms with Crippen LogP contribution in [0.25, 0.3) is 0 Å². The molecule has 14 heteroatoms. The molecule has 5 unspecified atom stereocenters. The molecular weight excluding hydrogens is 512 g/mol. The number of aromatic amines is 1. The summed E-state index contributed by atoms with van der Waals surface area (Å²) in [5.74, 6) is -5.36. The highest BCUT2D eigenvalue weighted by molar-refractivity contribution is 5.95. The normalized spacial score (nSPS) is 14.7. The lowest BCUT2D eigenvalue weighted by Gasteiger charge is -2.27. The quantitative estimate of drug-likeness (QED) is 0.140. The summed E-state index contributed by atoms with van der Waals surface area (Å²) in [6, 6.07) is 0.698. The number of aliphatic carboxylic acids is 2. The number of nitrogens with zero attached hydrogens (tertiary/aromatic N) is 1. The van der Waals surface area contributed by atoms with E-state index in [1.165, 1.54) is 36.8 Å². The van der Waals surface area contributed by atoms with E-state index in [0.717, 1.165) is 0 Å². The molecule has 39 heavy (non-hydrogen) atoms. The molecule has 1 aromatic heterocycles. The maximum atomic E-state index is 13.3. The zero-order valence-corrected chi connectivity index (χ0v) is 21.6. The summed E-state index contributed by atoms with van der Waals surface area (Å²) in [7, 11) is 0. The van der Waals surface area contributed by atoms with Crippen molar-refractivity contribution < 1.29 is 39.3 Å². The Kier molecular flexibility index (Phi) is 11.4. The van der Waals surface area contributed by atoms with E-state index in [0.29, 0.717) is 17.7 Å². The number of aromatic nitrogens is 2. The Morgan fingerprint density at radius 3 is 2.13 bits per heavy atom. The van der Waals surface area contributed by atoms with Crippen LogP contribution in [0.15, 0.2) is 36.8 Å². The highest BCUT2D eigenvalue weighted by Crippen LogP contribution is 2.13. The highest BCUT2D eigenvalue weighted by Gasteiger charge is 2.33. The molecule has 0 aliphatic carbocycles. The predicted molar refractivity (Wildman–Crippen MR) is 137 cm³/mol. The molecule has 0 aliphatic heterocycles. The van der Waals surface area contributed by atoms with Crippen molar-refractivity contribution in [2.75, 3.05) is 0 Å². The van der Waals surface area contributed by atoms with Crippen molar-refractivity contribution in [3.8, 4) is 5.75 Å². The molecule has 1 heterocycles. The van der Waals surface area contributed by atoms with Crippen LogP contribution < -0.4 is 21.7 Å². The molecule has 0 bridgehead atoms. The molecule has 14 nitrogen and oxygen atoms in total. The first-order valence-electron chi connectivity index (χ1n) is 12.3. The van der Waals surface area contributed by atoms with Gasteiger partial charge in [0.05, 0.1) is 18.8 Å². The average molecular weight is 547 g/mol. The summed E-state index contributed by atoms with van der Waals surface area (Å²) < 4.78 is 0. The number of nitrogens with two attached hydrogens (primary N) is 1. The van der Waals surface area contributed by atoms with Crippen LogP contribution in [-0.2, 0) is 36.8 Å². The Labute approximate surface area is 224 Å². The lowest BCUT2D eigenvalue weighted by atomic mass is 9.97. The minimum atomic E-state index is -1.39. The number of carbonyl (C=O) groups is 5. The van der Waals surface area contributed by atoms with Crippen LogP contribution in [0, 0.1) is 5.92 Å². The van der Waals surface area contributed by atoms with Crippen LogP contribution >= 0.6 is 0 Å². The topological polar surface area (TPSA) is 237 Å². The third-order valence-electron chi connectivity index (χ3n) is 6.13. The average Bonchev–Trinajstić information content (AvgIpc) is 3.39.